The van der Waals surface area contributed by atoms with Crippen LogP contribution in [-0.4, -0.2) is 98.5 Å². The maximum atomic E-state index is 12.5. The van der Waals surface area contributed by atoms with Gasteiger partial charge in [-0.2, -0.15) is 0 Å². The highest BCUT2D eigenvalue weighted by molar-refractivity contribution is 14.0. The Labute approximate surface area is 179 Å². The number of rotatable bonds is 5. The Kier molecular flexibility index (Phi) is 10.1. The van der Waals surface area contributed by atoms with Crippen molar-refractivity contribution in [2.75, 3.05) is 60.0 Å². The highest BCUT2D eigenvalue weighted by atomic mass is 127. The number of aliphatic imine (C=N–C) groups is 1. The maximum absolute atomic E-state index is 12.5. The molecule has 2 rings (SSSR count). The van der Waals surface area contributed by atoms with Crippen LogP contribution in [0.15, 0.2) is 17.1 Å². The molecule has 1 atom stereocenters. The number of guanidine groups is 1. The third kappa shape index (κ3) is 7.28. The minimum Gasteiger partial charge on any atom is -0.368 e. The summed E-state index contributed by atoms with van der Waals surface area (Å²) in [4.78, 5) is 34.2. The van der Waals surface area contributed by atoms with Crippen molar-refractivity contribution in [1.82, 2.24) is 20.0 Å². The molecule has 2 saturated heterocycles. The molecular weight excluding hydrogens is 461 g/mol. The summed E-state index contributed by atoms with van der Waals surface area (Å²) in [6.07, 6.45) is 1.50. The van der Waals surface area contributed by atoms with Gasteiger partial charge in [0.15, 0.2) is 5.96 Å². The van der Waals surface area contributed by atoms with Gasteiger partial charge in [-0.3, -0.25) is 9.59 Å². The molecule has 2 aliphatic heterocycles. The molecule has 1 N–H and O–H groups in total. The number of likely N-dealkylation sites (N-methyl/N-ethyl adjacent to an activating group) is 1. The number of nitrogens with zero attached hydrogens (tertiary/aromatic N) is 4. The summed E-state index contributed by atoms with van der Waals surface area (Å²) in [5.74, 6) is 0.734. The number of carbonyl (C=O) groups is 2. The molecule has 27 heavy (non-hydrogen) atoms. The molecule has 9 heteroatoms. The second-order valence-electron chi connectivity index (χ2n) is 7.05. The van der Waals surface area contributed by atoms with E-state index in [4.69, 9.17) is 4.74 Å². The Morgan fingerprint density at radius 1 is 1.22 bits per heavy atom. The molecule has 0 aromatic carbocycles. The van der Waals surface area contributed by atoms with E-state index in [9.17, 15) is 9.59 Å². The number of carbonyl (C=O) groups excluding carboxylic acids is 2. The third-order valence-corrected chi connectivity index (χ3v) is 4.51. The zero-order valence-corrected chi connectivity index (χ0v) is 18.9. The number of hydrogen-bond donors (Lipinski definition) is 1. The molecule has 2 amide bonds. The van der Waals surface area contributed by atoms with Crippen molar-refractivity contribution in [3.8, 4) is 0 Å². The van der Waals surface area contributed by atoms with E-state index in [1.165, 1.54) is 4.90 Å². The Balaban J connectivity index is 0.00000364. The zero-order valence-electron chi connectivity index (χ0n) is 16.6. The van der Waals surface area contributed by atoms with Crippen molar-refractivity contribution in [1.29, 1.82) is 0 Å². The van der Waals surface area contributed by atoms with E-state index in [1.54, 1.807) is 14.1 Å². The van der Waals surface area contributed by atoms with Crippen molar-refractivity contribution in [2.24, 2.45) is 4.99 Å². The predicted molar refractivity (Wildman–Crippen MR) is 116 cm³/mol. The second kappa shape index (κ2) is 11.5. The quantitative estimate of drug-likeness (QED) is 0.262. The topological polar surface area (TPSA) is 77.5 Å². The molecule has 154 valence electrons. The van der Waals surface area contributed by atoms with Crippen LogP contribution >= 0.6 is 24.0 Å². The van der Waals surface area contributed by atoms with Gasteiger partial charge in [0.2, 0.25) is 5.91 Å². The molecule has 0 radical (unpaired) electrons. The Morgan fingerprint density at radius 3 is 2.37 bits per heavy atom. The molecule has 2 heterocycles. The predicted octanol–water partition coefficient (Wildman–Crippen LogP) is 0.538. The number of nitrogens with one attached hydrogen (secondary N) is 1. The van der Waals surface area contributed by atoms with Gasteiger partial charge in [-0.05, 0) is 19.8 Å². The molecule has 0 aliphatic carbocycles. The normalized spacial score (nSPS) is 20.1. The Hall–Kier alpha value is -1.36. The van der Waals surface area contributed by atoms with Gasteiger partial charge in [0, 0.05) is 53.4 Å². The fourth-order valence-electron chi connectivity index (χ4n) is 2.90. The first-order chi connectivity index (χ1) is 12.4. The molecule has 0 aromatic rings. The fraction of sp³-hybridized carbons (Fsp3) is 0.722. The van der Waals surface area contributed by atoms with Crippen LogP contribution in [0.25, 0.3) is 0 Å². The van der Waals surface area contributed by atoms with E-state index in [1.807, 2.05) is 11.8 Å². The molecule has 0 aromatic heterocycles. The zero-order chi connectivity index (χ0) is 19.1. The van der Waals surface area contributed by atoms with Gasteiger partial charge in [-0.15, -0.1) is 24.0 Å². The maximum Gasteiger partial charge on any atom is 0.251 e. The molecule has 8 nitrogen and oxygen atoms in total. The summed E-state index contributed by atoms with van der Waals surface area (Å²) in [6.45, 7) is 9.83. The van der Waals surface area contributed by atoms with Gasteiger partial charge in [-0.1, -0.05) is 12.2 Å². The van der Waals surface area contributed by atoms with Crippen LogP contribution < -0.4 is 5.32 Å². The van der Waals surface area contributed by atoms with Crippen molar-refractivity contribution in [3.63, 3.8) is 0 Å². The van der Waals surface area contributed by atoms with Crippen LogP contribution in [0.5, 0.6) is 0 Å². The molecule has 0 saturated carbocycles. The van der Waals surface area contributed by atoms with E-state index in [0.29, 0.717) is 45.3 Å². The monoisotopic (exact) mass is 493 g/mol. The van der Waals surface area contributed by atoms with Gasteiger partial charge < -0.3 is 24.8 Å². The number of hydrogen-bond acceptors (Lipinski definition) is 4. The minimum atomic E-state index is -0.269. The van der Waals surface area contributed by atoms with E-state index >= 15 is 0 Å². The second-order valence-corrected chi connectivity index (χ2v) is 7.05. The molecule has 0 bridgehead atoms. The molecule has 0 spiro atoms. The first-order valence-corrected chi connectivity index (χ1v) is 9.16. The lowest BCUT2D eigenvalue weighted by Gasteiger charge is -2.37. The summed E-state index contributed by atoms with van der Waals surface area (Å²) < 4.78 is 5.50. The standard InChI is InChI=1S/C18H31N5O3.HI/c1-14(2)12-19-18(20-13-16(24)21(3)4)23-9-7-22(8-10-23)17(25)15-6-5-11-26-15;/h15H,1,5-13H2,2-4H3,(H,19,20);1H. The third-order valence-electron chi connectivity index (χ3n) is 4.51. The summed E-state index contributed by atoms with van der Waals surface area (Å²) in [7, 11) is 3.43. The average Bonchev–Trinajstić information content (AvgIpc) is 3.15. The lowest BCUT2D eigenvalue weighted by molar-refractivity contribution is -0.142. The smallest absolute Gasteiger partial charge is 0.251 e. The van der Waals surface area contributed by atoms with Gasteiger partial charge in [-0.25, -0.2) is 4.99 Å². The van der Waals surface area contributed by atoms with E-state index < -0.39 is 0 Å². The van der Waals surface area contributed by atoms with Crippen LogP contribution in [0, 0.1) is 0 Å². The fourth-order valence-corrected chi connectivity index (χ4v) is 2.90. The molecule has 2 fully saturated rings. The summed E-state index contributed by atoms with van der Waals surface area (Å²) in [6, 6.07) is 0. The first kappa shape index (κ1) is 23.7. The highest BCUT2D eigenvalue weighted by Crippen LogP contribution is 2.16. The summed E-state index contributed by atoms with van der Waals surface area (Å²) in [5.41, 5.74) is 0.990. The minimum absolute atomic E-state index is 0. The summed E-state index contributed by atoms with van der Waals surface area (Å²) >= 11 is 0. The Bertz CT molecular complexity index is 553. The summed E-state index contributed by atoms with van der Waals surface area (Å²) in [5, 5.41) is 3.26. The number of halogens is 1. The molecular formula is C18H32IN5O3. The molecule has 1 unspecified atom stereocenters. The average molecular weight is 493 g/mol. The van der Waals surface area contributed by atoms with Gasteiger partial charge >= 0.3 is 0 Å². The van der Waals surface area contributed by atoms with Crippen LogP contribution in [0.2, 0.25) is 0 Å². The lowest BCUT2D eigenvalue weighted by atomic mass is 10.2. The van der Waals surface area contributed by atoms with E-state index in [2.05, 4.69) is 21.8 Å². The lowest BCUT2D eigenvalue weighted by Crippen LogP contribution is -2.55. The van der Waals surface area contributed by atoms with E-state index in [-0.39, 0.29) is 48.4 Å². The number of ether oxygens (including phenoxy) is 1. The first-order valence-electron chi connectivity index (χ1n) is 9.16. The van der Waals surface area contributed by atoms with Crippen LogP contribution in [0.3, 0.4) is 0 Å². The molecule has 2 aliphatic rings. The van der Waals surface area contributed by atoms with Gasteiger partial charge in [0.05, 0.1) is 0 Å². The van der Waals surface area contributed by atoms with Crippen LogP contribution in [0.1, 0.15) is 19.8 Å². The van der Waals surface area contributed by atoms with Crippen LogP contribution in [0.4, 0.5) is 0 Å². The highest BCUT2D eigenvalue weighted by Gasteiger charge is 2.31. The van der Waals surface area contributed by atoms with Crippen molar-refractivity contribution in [3.05, 3.63) is 12.2 Å². The van der Waals surface area contributed by atoms with Gasteiger partial charge in [0.25, 0.3) is 5.91 Å². The Morgan fingerprint density at radius 2 is 1.85 bits per heavy atom. The SMILES string of the molecule is C=C(C)CNC(=NCC(=O)N(C)C)N1CCN(C(=O)C2CCCO2)CC1.I. The number of amides is 2. The number of piperazine rings is 1. The van der Waals surface area contributed by atoms with Gasteiger partial charge in [0.1, 0.15) is 12.6 Å². The van der Waals surface area contributed by atoms with Crippen molar-refractivity contribution >= 4 is 41.8 Å². The van der Waals surface area contributed by atoms with Crippen molar-refractivity contribution < 1.29 is 14.3 Å². The van der Waals surface area contributed by atoms with Crippen molar-refractivity contribution in [2.45, 2.75) is 25.9 Å². The van der Waals surface area contributed by atoms with Crippen LogP contribution in [-0.2, 0) is 14.3 Å². The van der Waals surface area contributed by atoms with E-state index in [0.717, 1.165) is 18.4 Å². The largest absolute Gasteiger partial charge is 0.368 e.